The summed E-state index contributed by atoms with van der Waals surface area (Å²) in [6, 6.07) is 6.42. The van der Waals surface area contributed by atoms with E-state index in [2.05, 4.69) is 0 Å². The molecule has 0 heterocycles. The highest BCUT2D eigenvalue weighted by Crippen LogP contribution is 2.13. The lowest BCUT2D eigenvalue weighted by Gasteiger charge is -2.03. The fourth-order valence-corrected chi connectivity index (χ4v) is 1.40. The minimum atomic E-state index is -1.03. The van der Waals surface area contributed by atoms with Crippen molar-refractivity contribution in [1.82, 2.24) is 0 Å². The molecule has 0 saturated heterocycles. The van der Waals surface area contributed by atoms with Crippen molar-refractivity contribution in [2.24, 2.45) is 0 Å². The Kier molecular flexibility index (Phi) is 4.54. The molecule has 0 radical (unpaired) electrons. The third-order valence-corrected chi connectivity index (χ3v) is 2.35. The number of benzene rings is 1. The van der Waals surface area contributed by atoms with Gasteiger partial charge >= 0.3 is 5.97 Å². The number of alkyl halides is 1. The number of carbonyl (C=O) groups excluding carboxylic acids is 1. The summed E-state index contributed by atoms with van der Waals surface area (Å²) in [6.45, 7) is -0.375. The van der Waals surface area contributed by atoms with Crippen LogP contribution in [0.4, 0.5) is 0 Å². The molecule has 1 aromatic carbocycles. The first-order chi connectivity index (χ1) is 7.13. The van der Waals surface area contributed by atoms with Crippen molar-refractivity contribution in [1.29, 1.82) is 0 Å². The van der Waals surface area contributed by atoms with E-state index < -0.39 is 5.97 Å². The first-order valence-electron chi connectivity index (χ1n) is 4.17. The minimum absolute atomic E-state index is 0.0420. The SMILES string of the molecule is O=C(O)COc1ccc(C(=O)CI)cc1. The molecule has 0 fully saturated rings. The molecule has 1 rings (SSSR count). The van der Waals surface area contributed by atoms with Crippen LogP contribution in [0.25, 0.3) is 0 Å². The van der Waals surface area contributed by atoms with Gasteiger partial charge in [-0.25, -0.2) is 4.79 Å². The van der Waals surface area contributed by atoms with Crippen LogP contribution in [0, 0.1) is 0 Å². The molecule has 80 valence electrons. The minimum Gasteiger partial charge on any atom is -0.482 e. The number of carboxylic acid groups (broad SMARTS) is 1. The Bertz CT molecular complexity index is 358. The third kappa shape index (κ3) is 3.86. The van der Waals surface area contributed by atoms with Crippen molar-refractivity contribution in [2.75, 3.05) is 11.0 Å². The molecule has 0 spiro atoms. The van der Waals surface area contributed by atoms with Crippen LogP contribution in [0.3, 0.4) is 0 Å². The molecular formula is C10H9IO4. The van der Waals surface area contributed by atoms with Gasteiger partial charge < -0.3 is 9.84 Å². The molecule has 1 N–H and O–H groups in total. The van der Waals surface area contributed by atoms with Crippen molar-refractivity contribution >= 4 is 34.3 Å². The molecule has 0 aromatic heterocycles. The second-order valence-electron chi connectivity index (χ2n) is 2.76. The van der Waals surface area contributed by atoms with Crippen molar-refractivity contribution in [3.05, 3.63) is 29.8 Å². The Morgan fingerprint density at radius 2 is 1.87 bits per heavy atom. The summed E-state index contributed by atoms with van der Waals surface area (Å²) in [5, 5.41) is 8.38. The van der Waals surface area contributed by atoms with Crippen LogP contribution in [0.2, 0.25) is 0 Å². The zero-order chi connectivity index (χ0) is 11.3. The van der Waals surface area contributed by atoms with Crippen LogP contribution < -0.4 is 4.74 Å². The van der Waals surface area contributed by atoms with Crippen LogP contribution in [0.1, 0.15) is 10.4 Å². The van der Waals surface area contributed by atoms with Gasteiger partial charge in [-0.2, -0.15) is 0 Å². The molecule has 0 aliphatic rings. The van der Waals surface area contributed by atoms with E-state index in [-0.39, 0.29) is 12.4 Å². The highest BCUT2D eigenvalue weighted by atomic mass is 127. The van der Waals surface area contributed by atoms with Crippen molar-refractivity contribution < 1.29 is 19.4 Å². The van der Waals surface area contributed by atoms with Gasteiger partial charge in [0, 0.05) is 5.56 Å². The standard InChI is InChI=1S/C10H9IO4/c11-5-9(12)7-1-3-8(4-2-7)15-6-10(13)14/h1-4H,5-6H2,(H,13,14). The number of ketones is 1. The van der Waals surface area contributed by atoms with Gasteiger partial charge in [-0.15, -0.1) is 0 Å². The number of ether oxygens (including phenoxy) is 1. The lowest BCUT2D eigenvalue weighted by molar-refractivity contribution is -0.139. The topological polar surface area (TPSA) is 63.6 Å². The van der Waals surface area contributed by atoms with Gasteiger partial charge in [0.1, 0.15) is 5.75 Å². The Morgan fingerprint density at radius 3 is 2.33 bits per heavy atom. The van der Waals surface area contributed by atoms with E-state index in [1.54, 1.807) is 24.3 Å². The lowest BCUT2D eigenvalue weighted by atomic mass is 10.1. The third-order valence-electron chi connectivity index (χ3n) is 1.66. The molecule has 0 bridgehead atoms. The van der Waals surface area contributed by atoms with Crippen LogP contribution in [-0.4, -0.2) is 27.9 Å². The summed E-state index contributed by atoms with van der Waals surface area (Å²) in [7, 11) is 0. The molecule has 1 aromatic rings. The van der Waals surface area contributed by atoms with Crippen molar-refractivity contribution in [2.45, 2.75) is 0 Å². The van der Waals surface area contributed by atoms with Crippen LogP contribution in [0.5, 0.6) is 5.75 Å². The van der Waals surface area contributed by atoms with Crippen LogP contribution in [-0.2, 0) is 4.79 Å². The van der Waals surface area contributed by atoms with Crippen molar-refractivity contribution in [3.8, 4) is 5.75 Å². The van der Waals surface area contributed by atoms with Gasteiger partial charge in [0.05, 0.1) is 4.43 Å². The fraction of sp³-hybridized carbons (Fsp3) is 0.200. The maximum atomic E-state index is 11.2. The highest BCUT2D eigenvalue weighted by Gasteiger charge is 2.04. The number of hydrogen-bond acceptors (Lipinski definition) is 3. The fourth-order valence-electron chi connectivity index (χ4n) is 0.959. The number of carbonyl (C=O) groups is 2. The summed E-state index contributed by atoms with van der Waals surface area (Å²) in [5.41, 5.74) is 0.604. The molecule has 5 heteroatoms. The number of carboxylic acids is 1. The molecule has 0 amide bonds. The van der Waals surface area contributed by atoms with Gasteiger partial charge in [0.15, 0.2) is 12.4 Å². The van der Waals surface area contributed by atoms with E-state index in [0.717, 1.165) is 0 Å². The predicted octanol–water partition coefficient (Wildman–Crippen LogP) is 1.77. The Morgan fingerprint density at radius 1 is 1.27 bits per heavy atom. The van der Waals surface area contributed by atoms with E-state index in [0.29, 0.717) is 15.7 Å². The zero-order valence-electron chi connectivity index (χ0n) is 7.77. The lowest BCUT2D eigenvalue weighted by Crippen LogP contribution is -2.09. The van der Waals surface area contributed by atoms with Gasteiger partial charge in [0.2, 0.25) is 0 Å². The zero-order valence-corrected chi connectivity index (χ0v) is 9.93. The number of halogens is 1. The van der Waals surface area contributed by atoms with Gasteiger partial charge in [0.25, 0.3) is 0 Å². The number of Topliss-reactive ketones (excluding diaryl/α,β-unsaturated/α-hetero) is 1. The Balaban J connectivity index is 2.64. The van der Waals surface area contributed by atoms with Crippen LogP contribution in [0.15, 0.2) is 24.3 Å². The average Bonchev–Trinajstić information content (AvgIpc) is 2.26. The highest BCUT2D eigenvalue weighted by molar-refractivity contribution is 14.1. The van der Waals surface area contributed by atoms with E-state index in [4.69, 9.17) is 9.84 Å². The molecule has 0 unspecified atom stereocenters. The van der Waals surface area contributed by atoms with E-state index in [9.17, 15) is 9.59 Å². The first kappa shape index (κ1) is 12.0. The van der Waals surface area contributed by atoms with Gasteiger partial charge in [-0.1, -0.05) is 22.6 Å². The predicted molar refractivity (Wildman–Crippen MR) is 62.8 cm³/mol. The van der Waals surface area contributed by atoms with E-state index >= 15 is 0 Å². The molecule has 4 nitrogen and oxygen atoms in total. The summed E-state index contributed by atoms with van der Waals surface area (Å²) < 4.78 is 5.35. The molecule has 0 aliphatic carbocycles. The first-order valence-corrected chi connectivity index (χ1v) is 5.70. The van der Waals surface area contributed by atoms with Gasteiger partial charge in [-0.05, 0) is 24.3 Å². The van der Waals surface area contributed by atoms with Crippen molar-refractivity contribution in [3.63, 3.8) is 0 Å². The summed E-state index contributed by atoms with van der Waals surface area (Å²) in [6.07, 6.45) is 0. The van der Waals surface area contributed by atoms with Gasteiger partial charge in [-0.3, -0.25) is 4.79 Å². The molecule has 15 heavy (non-hydrogen) atoms. The monoisotopic (exact) mass is 320 g/mol. The summed E-state index contributed by atoms with van der Waals surface area (Å²) in [4.78, 5) is 21.5. The smallest absolute Gasteiger partial charge is 0.341 e. The molecule has 0 atom stereocenters. The maximum absolute atomic E-state index is 11.2. The number of hydrogen-bond donors (Lipinski definition) is 1. The van der Waals surface area contributed by atoms with E-state index in [1.165, 1.54) is 0 Å². The Hall–Kier alpha value is -1.11. The molecule has 0 aliphatic heterocycles. The summed E-state index contributed by atoms with van der Waals surface area (Å²) >= 11 is 1.99. The number of aliphatic carboxylic acids is 1. The Labute approximate surface area is 100 Å². The summed E-state index contributed by atoms with van der Waals surface area (Å²) in [5.74, 6) is -0.537. The van der Waals surface area contributed by atoms with Crippen LogP contribution >= 0.6 is 22.6 Å². The molecule has 0 saturated carbocycles. The number of rotatable bonds is 5. The molecular weight excluding hydrogens is 311 g/mol. The normalized spacial score (nSPS) is 9.67. The maximum Gasteiger partial charge on any atom is 0.341 e. The average molecular weight is 320 g/mol. The second kappa shape index (κ2) is 5.69. The van der Waals surface area contributed by atoms with E-state index in [1.807, 2.05) is 22.6 Å². The quantitative estimate of drug-likeness (QED) is 0.510. The largest absolute Gasteiger partial charge is 0.482 e. The second-order valence-corrected chi connectivity index (χ2v) is 3.53.